The second kappa shape index (κ2) is 10.7. The molecule has 0 aliphatic rings. The molecular weight excluding hydrogens is 605 g/mol. The first-order valence-electron chi connectivity index (χ1n) is 16.0. The second-order valence-corrected chi connectivity index (χ2v) is 13.1. The lowest BCUT2D eigenvalue weighted by Crippen LogP contribution is -1.98. The van der Waals surface area contributed by atoms with Crippen LogP contribution in [0.15, 0.2) is 158 Å². The highest BCUT2D eigenvalue weighted by Crippen LogP contribution is 2.47. The average molecular weight is 631 g/mol. The lowest BCUT2D eigenvalue weighted by atomic mass is 10.0. The molecule has 0 fully saturated rings. The van der Waals surface area contributed by atoms with Crippen molar-refractivity contribution in [2.75, 3.05) is 0 Å². The van der Waals surface area contributed by atoms with E-state index >= 15 is 0 Å². The van der Waals surface area contributed by atoms with Gasteiger partial charge in [0.1, 0.15) is 0 Å². The molecule has 5 heteroatoms. The van der Waals surface area contributed by atoms with Crippen molar-refractivity contribution in [1.82, 2.24) is 19.5 Å². The Kier molecular flexibility index (Phi) is 6.01. The summed E-state index contributed by atoms with van der Waals surface area (Å²) in [5.74, 6) is 0.708. The van der Waals surface area contributed by atoms with Crippen LogP contribution < -0.4 is 0 Å². The SMILES string of the molecule is c1ccc(-c2cc(-c3cccc(-n4c5ccccc5c5c6cccnc6c6sc7ccccc7c6c54)c3)nc(-c3ccccc3)n2)cc1. The van der Waals surface area contributed by atoms with E-state index in [1.165, 1.54) is 41.8 Å². The summed E-state index contributed by atoms with van der Waals surface area (Å²) in [5.41, 5.74) is 9.36. The Balaban J connectivity index is 1.28. The third kappa shape index (κ3) is 4.11. The van der Waals surface area contributed by atoms with Gasteiger partial charge in [0.2, 0.25) is 0 Å². The normalized spacial score (nSPS) is 11.8. The number of para-hydroxylation sites is 1. The molecule has 0 aliphatic heterocycles. The number of thiophene rings is 1. The van der Waals surface area contributed by atoms with Gasteiger partial charge in [0.05, 0.1) is 32.6 Å². The van der Waals surface area contributed by atoms with Gasteiger partial charge in [0.25, 0.3) is 0 Å². The summed E-state index contributed by atoms with van der Waals surface area (Å²) in [6.07, 6.45) is 1.91. The molecular formula is C43H26N4S. The predicted molar refractivity (Wildman–Crippen MR) is 201 cm³/mol. The van der Waals surface area contributed by atoms with Crippen molar-refractivity contribution in [2.24, 2.45) is 0 Å². The number of hydrogen-bond donors (Lipinski definition) is 0. The molecule has 10 rings (SSSR count). The number of aromatic nitrogens is 4. The predicted octanol–water partition coefficient (Wildman–Crippen LogP) is 11.5. The van der Waals surface area contributed by atoms with Crippen molar-refractivity contribution in [2.45, 2.75) is 0 Å². The van der Waals surface area contributed by atoms with Crippen LogP contribution in [0.4, 0.5) is 0 Å². The van der Waals surface area contributed by atoms with Gasteiger partial charge >= 0.3 is 0 Å². The minimum absolute atomic E-state index is 0.708. The van der Waals surface area contributed by atoms with Crippen molar-refractivity contribution in [3.63, 3.8) is 0 Å². The summed E-state index contributed by atoms with van der Waals surface area (Å²) in [6, 6.07) is 53.2. The Morgan fingerprint density at radius 1 is 0.500 bits per heavy atom. The monoisotopic (exact) mass is 630 g/mol. The Hall–Kier alpha value is -6.17. The molecule has 0 amide bonds. The number of hydrogen-bond acceptors (Lipinski definition) is 4. The summed E-state index contributed by atoms with van der Waals surface area (Å²) in [4.78, 5) is 15.1. The number of benzene rings is 6. The lowest BCUT2D eigenvalue weighted by Gasteiger charge is -2.13. The molecule has 4 heterocycles. The molecule has 10 aromatic rings. The first-order valence-corrected chi connectivity index (χ1v) is 16.9. The third-order valence-electron chi connectivity index (χ3n) is 9.23. The molecule has 224 valence electrons. The van der Waals surface area contributed by atoms with Gasteiger partial charge in [-0.25, -0.2) is 9.97 Å². The molecule has 0 aliphatic carbocycles. The van der Waals surface area contributed by atoms with Gasteiger partial charge in [0.15, 0.2) is 5.82 Å². The summed E-state index contributed by atoms with van der Waals surface area (Å²) >= 11 is 1.83. The first kappa shape index (κ1) is 27.0. The fourth-order valence-electron chi connectivity index (χ4n) is 7.13. The van der Waals surface area contributed by atoms with Crippen LogP contribution in [0.25, 0.3) is 92.5 Å². The van der Waals surface area contributed by atoms with E-state index in [1.54, 1.807) is 0 Å². The zero-order valence-corrected chi connectivity index (χ0v) is 26.5. The van der Waals surface area contributed by atoms with E-state index < -0.39 is 0 Å². The lowest BCUT2D eigenvalue weighted by molar-refractivity contribution is 1.17. The number of nitrogens with zero attached hydrogens (tertiary/aromatic N) is 4. The minimum atomic E-state index is 0.708. The second-order valence-electron chi connectivity index (χ2n) is 12.0. The van der Waals surface area contributed by atoms with Crippen molar-refractivity contribution in [3.8, 4) is 39.6 Å². The number of rotatable bonds is 4. The van der Waals surface area contributed by atoms with Crippen molar-refractivity contribution >= 4 is 64.2 Å². The van der Waals surface area contributed by atoms with Crippen molar-refractivity contribution in [3.05, 3.63) is 158 Å². The summed E-state index contributed by atoms with van der Waals surface area (Å²) in [5, 5.41) is 6.13. The van der Waals surface area contributed by atoms with Crippen molar-refractivity contribution < 1.29 is 0 Å². The van der Waals surface area contributed by atoms with Crippen molar-refractivity contribution in [1.29, 1.82) is 0 Å². The van der Waals surface area contributed by atoms with E-state index in [2.05, 4.69) is 132 Å². The highest BCUT2D eigenvalue weighted by Gasteiger charge is 2.22. The molecule has 48 heavy (non-hydrogen) atoms. The zero-order valence-electron chi connectivity index (χ0n) is 25.7. The summed E-state index contributed by atoms with van der Waals surface area (Å²) in [7, 11) is 0. The Bertz CT molecular complexity index is 2780. The molecule has 0 saturated carbocycles. The molecule has 0 bridgehead atoms. The zero-order chi connectivity index (χ0) is 31.6. The standard InChI is InChI=1S/C43H26N4S/c1-3-13-27(14-4-1)34-26-35(46-43(45-34)28-15-5-2-6-16-28)29-17-11-18-30(25-29)47-36-22-9-7-19-31(36)38-33-21-12-24-44-40(33)42-39(41(38)47)32-20-8-10-23-37(32)48-42/h1-26H. The Morgan fingerprint density at radius 3 is 2.00 bits per heavy atom. The highest BCUT2D eigenvalue weighted by molar-refractivity contribution is 7.26. The smallest absolute Gasteiger partial charge is 0.160 e. The van der Waals surface area contributed by atoms with E-state index in [9.17, 15) is 0 Å². The van der Waals surface area contributed by atoms with E-state index in [-0.39, 0.29) is 0 Å². The number of pyridine rings is 1. The molecule has 0 radical (unpaired) electrons. The maximum atomic E-state index is 5.14. The minimum Gasteiger partial charge on any atom is -0.309 e. The van der Waals surface area contributed by atoms with Gasteiger partial charge in [-0.3, -0.25) is 4.98 Å². The van der Waals surface area contributed by atoms with Crippen LogP contribution in [0.5, 0.6) is 0 Å². The van der Waals surface area contributed by atoms with Gasteiger partial charge in [-0.05, 0) is 36.4 Å². The first-order chi connectivity index (χ1) is 23.8. The van der Waals surface area contributed by atoms with Crippen LogP contribution in [-0.2, 0) is 0 Å². The molecule has 0 N–H and O–H groups in total. The van der Waals surface area contributed by atoms with E-state index in [1.807, 2.05) is 41.8 Å². The van der Waals surface area contributed by atoms with Gasteiger partial charge in [-0.15, -0.1) is 11.3 Å². The van der Waals surface area contributed by atoms with Crippen LogP contribution in [0.2, 0.25) is 0 Å². The Morgan fingerprint density at radius 2 is 1.17 bits per heavy atom. The molecule has 0 unspecified atom stereocenters. The van der Waals surface area contributed by atoms with Crippen LogP contribution in [0, 0.1) is 0 Å². The van der Waals surface area contributed by atoms with Gasteiger partial charge in [-0.2, -0.15) is 0 Å². The van der Waals surface area contributed by atoms with Crippen LogP contribution in [-0.4, -0.2) is 19.5 Å². The molecule has 4 nitrogen and oxygen atoms in total. The molecule has 0 spiro atoms. The van der Waals surface area contributed by atoms with Crippen LogP contribution in [0.3, 0.4) is 0 Å². The quantitative estimate of drug-likeness (QED) is 0.194. The van der Waals surface area contributed by atoms with Gasteiger partial charge < -0.3 is 4.57 Å². The summed E-state index contributed by atoms with van der Waals surface area (Å²) in [6.45, 7) is 0. The molecule has 4 aromatic heterocycles. The largest absolute Gasteiger partial charge is 0.309 e. The van der Waals surface area contributed by atoms with E-state index in [4.69, 9.17) is 15.0 Å². The van der Waals surface area contributed by atoms with E-state index in [0.29, 0.717) is 5.82 Å². The third-order valence-corrected chi connectivity index (χ3v) is 10.4. The van der Waals surface area contributed by atoms with Gasteiger partial charge in [0, 0.05) is 60.2 Å². The van der Waals surface area contributed by atoms with Crippen LogP contribution >= 0.6 is 11.3 Å². The molecule has 6 aromatic carbocycles. The maximum absolute atomic E-state index is 5.14. The maximum Gasteiger partial charge on any atom is 0.160 e. The molecule has 0 atom stereocenters. The van der Waals surface area contributed by atoms with Crippen LogP contribution in [0.1, 0.15) is 0 Å². The van der Waals surface area contributed by atoms with E-state index in [0.717, 1.165) is 44.8 Å². The molecule has 0 saturated heterocycles. The Labute approximate surface area is 280 Å². The van der Waals surface area contributed by atoms with Gasteiger partial charge in [-0.1, -0.05) is 115 Å². The fourth-order valence-corrected chi connectivity index (χ4v) is 8.34. The average Bonchev–Trinajstić information content (AvgIpc) is 3.72. The topological polar surface area (TPSA) is 43.6 Å². The highest BCUT2D eigenvalue weighted by atomic mass is 32.1. The number of fused-ring (bicyclic) bond motifs is 10. The fraction of sp³-hybridized carbons (Fsp3) is 0. The summed E-state index contributed by atoms with van der Waals surface area (Å²) < 4.78 is 4.93.